The summed E-state index contributed by atoms with van der Waals surface area (Å²) in [5, 5.41) is 9.33. The van der Waals surface area contributed by atoms with Crippen molar-refractivity contribution >= 4 is 11.0 Å². The van der Waals surface area contributed by atoms with Gasteiger partial charge in [-0.05, 0) is 36.4 Å². The molecule has 0 saturated heterocycles. The predicted octanol–water partition coefficient (Wildman–Crippen LogP) is 2.00. The highest BCUT2D eigenvalue weighted by Crippen LogP contribution is 2.14. The van der Waals surface area contributed by atoms with Gasteiger partial charge >= 0.3 is 0 Å². The maximum atomic E-state index is 4.54. The van der Waals surface area contributed by atoms with Crippen molar-refractivity contribution in [3.63, 3.8) is 0 Å². The van der Waals surface area contributed by atoms with E-state index in [0.29, 0.717) is 5.65 Å². The Balaban J connectivity index is 1.88. The van der Waals surface area contributed by atoms with Gasteiger partial charge < -0.3 is 0 Å². The van der Waals surface area contributed by atoms with E-state index in [0.717, 1.165) is 17.0 Å². The van der Waals surface area contributed by atoms with Gasteiger partial charge in [-0.15, -0.1) is 0 Å². The summed E-state index contributed by atoms with van der Waals surface area (Å²) in [6.07, 6.45) is 7.15. The molecule has 4 aromatic rings. The summed E-state index contributed by atoms with van der Waals surface area (Å²) in [4.78, 5) is 9.07. The van der Waals surface area contributed by atoms with Crippen LogP contribution in [0.5, 0.6) is 0 Å². The van der Waals surface area contributed by atoms with Crippen LogP contribution >= 0.6 is 0 Å². The highest BCUT2D eigenvalue weighted by atomic mass is 15.3. The van der Waals surface area contributed by atoms with E-state index >= 15 is 0 Å². The van der Waals surface area contributed by atoms with Crippen molar-refractivity contribution in [1.82, 2.24) is 29.5 Å². The summed E-state index contributed by atoms with van der Waals surface area (Å²) < 4.78 is 3.42. The maximum Gasteiger partial charge on any atom is 0.164 e. The summed E-state index contributed by atoms with van der Waals surface area (Å²) in [6, 6.07) is 11.5. The largest absolute Gasteiger partial charge is 0.223 e. The molecule has 4 aromatic heterocycles. The Morgan fingerprint density at radius 3 is 1.70 bits per heavy atom. The summed E-state index contributed by atoms with van der Waals surface area (Å²) >= 11 is 0. The zero-order valence-corrected chi connectivity index (χ0v) is 10.5. The van der Waals surface area contributed by atoms with Gasteiger partial charge in [0.1, 0.15) is 0 Å². The van der Waals surface area contributed by atoms with Crippen LogP contribution in [0.1, 0.15) is 0 Å². The number of aromatic nitrogens is 6. The molecule has 0 bridgehead atoms. The van der Waals surface area contributed by atoms with Gasteiger partial charge in [-0.2, -0.15) is 10.2 Å². The average molecular weight is 262 g/mol. The quantitative estimate of drug-likeness (QED) is 0.554. The van der Waals surface area contributed by atoms with Crippen molar-refractivity contribution in [2.75, 3.05) is 0 Å². The lowest BCUT2D eigenvalue weighted by Gasteiger charge is -2.04. The first-order chi connectivity index (χ1) is 9.90. The van der Waals surface area contributed by atoms with E-state index in [2.05, 4.69) is 20.2 Å². The monoisotopic (exact) mass is 262 g/mol. The Labute approximate surface area is 114 Å². The molecule has 0 aromatic carbocycles. The van der Waals surface area contributed by atoms with Gasteiger partial charge in [-0.25, -0.2) is 19.3 Å². The molecule has 0 saturated carbocycles. The van der Waals surface area contributed by atoms with Gasteiger partial charge in [0, 0.05) is 30.2 Å². The summed E-state index contributed by atoms with van der Waals surface area (Å²) in [6.45, 7) is 0. The van der Waals surface area contributed by atoms with Crippen LogP contribution in [0, 0.1) is 0 Å². The number of hydrogen-bond donors (Lipinski definition) is 0. The summed E-state index contributed by atoms with van der Waals surface area (Å²) in [7, 11) is 0. The van der Waals surface area contributed by atoms with Crippen LogP contribution < -0.4 is 0 Å². The van der Waals surface area contributed by atoms with Crippen molar-refractivity contribution in [2.24, 2.45) is 0 Å². The van der Waals surface area contributed by atoms with Gasteiger partial charge in [0.25, 0.3) is 0 Å². The highest BCUT2D eigenvalue weighted by Gasteiger charge is 2.04. The van der Waals surface area contributed by atoms with Gasteiger partial charge in [0.15, 0.2) is 17.3 Å². The van der Waals surface area contributed by atoms with Crippen molar-refractivity contribution in [3.8, 4) is 11.6 Å². The smallest absolute Gasteiger partial charge is 0.164 e. The minimum atomic E-state index is 0.672. The zero-order chi connectivity index (χ0) is 13.4. The van der Waals surface area contributed by atoms with E-state index in [9.17, 15) is 0 Å². The second-order valence-corrected chi connectivity index (χ2v) is 4.29. The molecule has 0 spiro atoms. The molecule has 6 heteroatoms. The average Bonchev–Trinajstić information content (AvgIpc) is 3.19. The van der Waals surface area contributed by atoms with Gasteiger partial charge in [0.2, 0.25) is 0 Å². The number of hydrogen-bond acceptors (Lipinski definition) is 4. The fourth-order valence-corrected chi connectivity index (χ4v) is 2.04. The molecule has 0 radical (unpaired) electrons. The molecule has 4 heterocycles. The molecule has 4 rings (SSSR count). The van der Waals surface area contributed by atoms with E-state index in [1.807, 2.05) is 48.8 Å². The van der Waals surface area contributed by atoms with Gasteiger partial charge in [0.05, 0.1) is 0 Å². The van der Waals surface area contributed by atoms with Crippen LogP contribution in [0.25, 0.3) is 22.7 Å². The van der Waals surface area contributed by atoms with Crippen LogP contribution in [-0.2, 0) is 0 Å². The third-order valence-corrected chi connectivity index (χ3v) is 3.00. The van der Waals surface area contributed by atoms with Crippen LogP contribution in [0.2, 0.25) is 0 Å². The molecule has 6 nitrogen and oxygen atoms in total. The SMILES string of the molecule is c1cnn(-c2ccc3ccc(-n4cccn4)nc3n2)c1. The molecule has 0 aliphatic carbocycles. The Morgan fingerprint density at radius 2 is 1.25 bits per heavy atom. The van der Waals surface area contributed by atoms with Crippen molar-refractivity contribution in [3.05, 3.63) is 61.2 Å². The predicted molar refractivity (Wildman–Crippen MR) is 73.8 cm³/mol. The van der Waals surface area contributed by atoms with Crippen molar-refractivity contribution < 1.29 is 0 Å². The van der Waals surface area contributed by atoms with Crippen LogP contribution in [0.15, 0.2) is 61.2 Å². The van der Waals surface area contributed by atoms with E-state index in [4.69, 9.17) is 0 Å². The standard InChI is InChI=1S/C14H10N6/c1-7-15-19(9-1)12-5-3-11-4-6-13(18-14(11)17-12)20-10-2-8-16-20/h1-10H. The first kappa shape index (κ1) is 10.9. The molecule has 96 valence electrons. The van der Waals surface area contributed by atoms with Crippen molar-refractivity contribution in [1.29, 1.82) is 0 Å². The number of fused-ring (bicyclic) bond motifs is 1. The summed E-state index contributed by atoms with van der Waals surface area (Å²) in [5.74, 6) is 1.49. The molecule has 0 aliphatic heterocycles. The lowest BCUT2D eigenvalue weighted by molar-refractivity contribution is 0.839. The first-order valence-electron chi connectivity index (χ1n) is 6.18. The first-order valence-corrected chi connectivity index (χ1v) is 6.18. The van der Waals surface area contributed by atoms with Crippen LogP contribution in [0.3, 0.4) is 0 Å². The van der Waals surface area contributed by atoms with Crippen molar-refractivity contribution in [2.45, 2.75) is 0 Å². The lowest BCUT2D eigenvalue weighted by Crippen LogP contribution is -2.01. The molecular weight excluding hydrogens is 252 g/mol. The zero-order valence-electron chi connectivity index (χ0n) is 10.5. The van der Waals surface area contributed by atoms with Crippen LogP contribution in [-0.4, -0.2) is 29.5 Å². The number of rotatable bonds is 2. The van der Waals surface area contributed by atoms with E-state index in [1.54, 1.807) is 21.8 Å². The topological polar surface area (TPSA) is 61.4 Å². The molecule has 0 amide bonds. The Morgan fingerprint density at radius 1 is 0.700 bits per heavy atom. The molecule has 0 atom stereocenters. The van der Waals surface area contributed by atoms with Gasteiger partial charge in [-0.1, -0.05) is 0 Å². The molecule has 0 fully saturated rings. The Hall–Kier alpha value is -3.02. The number of pyridine rings is 2. The van der Waals surface area contributed by atoms with E-state index < -0.39 is 0 Å². The fourth-order valence-electron chi connectivity index (χ4n) is 2.04. The fraction of sp³-hybridized carbons (Fsp3) is 0. The molecular formula is C14H10N6. The molecule has 0 aliphatic rings. The third-order valence-electron chi connectivity index (χ3n) is 3.00. The lowest BCUT2D eigenvalue weighted by atomic mass is 10.3. The van der Waals surface area contributed by atoms with Gasteiger partial charge in [-0.3, -0.25) is 0 Å². The van der Waals surface area contributed by atoms with Crippen LogP contribution in [0.4, 0.5) is 0 Å². The normalized spacial score (nSPS) is 11.0. The second-order valence-electron chi connectivity index (χ2n) is 4.29. The Bertz CT molecular complexity index is 780. The minimum Gasteiger partial charge on any atom is -0.223 e. The minimum absolute atomic E-state index is 0.672. The van der Waals surface area contributed by atoms with E-state index in [-0.39, 0.29) is 0 Å². The maximum absolute atomic E-state index is 4.54. The molecule has 20 heavy (non-hydrogen) atoms. The van der Waals surface area contributed by atoms with E-state index in [1.165, 1.54) is 0 Å². The molecule has 0 unspecified atom stereocenters. The second kappa shape index (κ2) is 4.27. The number of nitrogens with zero attached hydrogens (tertiary/aromatic N) is 6. The molecule has 0 N–H and O–H groups in total. The summed E-state index contributed by atoms with van der Waals surface area (Å²) in [5.41, 5.74) is 0.672. The third kappa shape index (κ3) is 1.74. The highest BCUT2D eigenvalue weighted by molar-refractivity contribution is 5.76. The Kier molecular flexibility index (Phi) is 2.32.